The fourth-order valence-electron chi connectivity index (χ4n) is 2.07. The van der Waals surface area contributed by atoms with Crippen molar-refractivity contribution in [2.75, 3.05) is 0 Å². The summed E-state index contributed by atoms with van der Waals surface area (Å²) in [5.74, 6) is 1.12. The van der Waals surface area contributed by atoms with Crippen LogP contribution < -0.4 is 10.1 Å². The van der Waals surface area contributed by atoms with Crippen molar-refractivity contribution in [2.24, 2.45) is 0 Å². The Bertz CT molecular complexity index is 561. The van der Waals surface area contributed by atoms with Crippen LogP contribution in [0.4, 0.5) is 0 Å². The Morgan fingerprint density at radius 1 is 1.05 bits per heavy atom. The SMILES string of the molecule is Oc1cccc(COc2ccc(CNC3CC3)cc2)c1. The molecule has 1 fully saturated rings. The van der Waals surface area contributed by atoms with E-state index in [2.05, 4.69) is 17.4 Å². The zero-order valence-electron chi connectivity index (χ0n) is 11.4. The highest BCUT2D eigenvalue weighted by atomic mass is 16.5. The quantitative estimate of drug-likeness (QED) is 0.846. The van der Waals surface area contributed by atoms with Crippen LogP contribution in [-0.2, 0) is 13.2 Å². The summed E-state index contributed by atoms with van der Waals surface area (Å²) in [6.45, 7) is 1.39. The van der Waals surface area contributed by atoms with Crippen molar-refractivity contribution in [3.63, 3.8) is 0 Å². The van der Waals surface area contributed by atoms with Gasteiger partial charge in [0.15, 0.2) is 0 Å². The van der Waals surface area contributed by atoms with Crippen LogP contribution in [0.2, 0.25) is 0 Å². The first kappa shape index (κ1) is 13.0. The molecule has 1 aliphatic carbocycles. The van der Waals surface area contributed by atoms with E-state index in [1.54, 1.807) is 12.1 Å². The van der Waals surface area contributed by atoms with Crippen LogP contribution >= 0.6 is 0 Å². The molecular formula is C17H19NO2. The Balaban J connectivity index is 1.52. The summed E-state index contributed by atoms with van der Waals surface area (Å²) < 4.78 is 5.71. The molecule has 1 saturated carbocycles. The van der Waals surface area contributed by atoms with Crippen molar-refractivity contribution >= 4 is 0 Å². The van der Waals surface area contributed by atoms with Gasteiger partial charge in [0.2, 0.25) is 0 Å². The average Bonchev–Trinajstić information content (AvgIpc) is 3.28. The van der Waals surface area contributed by atoms with Gasteiger partial charge in [0.1, 0.15) is 18.1 Å². The van der Waals surface area contributed by atoms with Gasteiger partial charge in [0.05, 0.1) is 0 Å². The number of phenolic OH excluding ortho intramolecular Hbond substituents is 1. The molecule has 2 aromatic rings. The van der Waals surface area contributed by atoms with Gasteiger partial charge in [0, 0.05) is 12.6 Å². The van der Waals surface area contributed by atoms with Crippen LogP contribution in [-0.4, -0.2) is 11.1 Å². The first-order valence-corrected chi connectivity index (χ1v) is 7.02. The first-order chi connectivity index (χ1) is 9.79. The van der Waals surface area contributed by atoms with Crippen molar-refractivity contribution in [3.8, 4) is 11.5 Å². The summed E-state index contributed by atoms with van der Waals surface area (Å²) in [5.41, 5.74) is 2.24. The maximum Gasteiger partial charge on any atom is 0.119 e. The summed E-state index contributed by atoms with van der Waals surface area (Å²) >= 11 is 0. The second-order valence-corrected chi connectivity index (χ2v) is 5.26. The number of ether oxygens (including phenoxy) is 1. The third-order valence-electron chi connectivity index (χ3n) is 3.41. The van der Waals surface area contributed by atoms with Gasteiger partial charge in [0.25, 0.3) is 0 Å². The molecule has 0 atom stereocenters. The van der Waals surface area contributed by atoms with Crippen LogP contribution in [0, 0.1) is 0 Å². The second kappa shape index (κ2) is 5.97. The molecule has 20 heavy (non-hydrogen) atoms. The number of hydrogen-bond acceptors (Lipinski definition) is 3. The maximum absolute atomic E-state index is 9.39. The monoisotopic (exact) mass is 269 g/mol. The van der Waals surface area contributed by atoms with Crippen LogP contribution in [0.15, 0.2) is 48.5 Å². The van der Waals surface area contributed by atoms with Crippen LogP contribution in [0.25, 0.3) is 0 Å². The molecule has 1 aliphatic rings. The summed E-state index contributed by atoms with van der Waals surface area (Å²) in [6, 6.07) is 16.0. The van der Waals surface area contributed by atoms with E-state index in [1.165, 1.54) is 18.4 Å². The molecule has 104 valence electrons. The van der Waals surface area contributed by atoms with E-state index in [4.69, 9.17) is 4.74 Å². The van der Waals surface area contributed by atoms with Crippen molar-refractivity contribution < 1.29 is 9.84 Å². The predicted molar refractivity (Wildman–Crippen MR) is 78.7 cm³/mol. The van der Waals surface area contributed by atoms with Crippen molar-refractivity contribution in [1.82, 2.24) is 5.32 Å². The molecule has 2 N–H and O–H groups in total. The Morgan fingerprint density at radius 2 is 1.85 bits per heavy atom. The van der Waals surface area contributed by atoms with E-state index in [0.29, 0.717) is 6.61 Å². The van der Waals surface area contributed by atoms with Gasteiger partial charge in [-0.25, -0.2) is 0 Å². The zero-order valence-corrected chi connectivity index (χ0v) is 11.4. The molecule has 0 bridgehead atoms. The number of nitrogens with one attached hydrogen (secondary N) is 1. The fraction of sp³-hybridized carbons (Fsp3) is 0.294. The van der Waals surface area contributed by atoms with Gasteiger partial charge in [-0.2, -0.15) is 0 Å². The molecule has 2 aromatic carbocycles. The number of phenols is 1. The fourth-order valence-corrected chi connectivity index (χ4v) is 2.07. The smallest absolute Gasteiger partial charge is 0.119 e. The van der Waals surface area contributed by atoms with Crippen molar-refractivity contribution in [2.45, 2.75) is 32.0 Å². The lowest BCUT2D eigenvalue weighted by atomic mass is 10.2. The van der Waals surface area contributed by atoms with Gasteiger partial charge in [-0.1, -0.05) is 24.3 Å². The number of rotatable bonds is 6. The van der Waals surface area contributed by atoms with E-state index in [0.717, 1.165) is 23.9 Å². The molecular weight excluding hydrogens is 250 g/mol. The summed E-state index contributed by atoms with van der Waals surface area (Å²) in [6.07, 6.45) is 2.62. The van der Waals surface area contributed by atoms with E-state index >= 15 is 0 Å². The lowest BCUT2D eigenvalue weighted by Gasteiger charge is -2.08. The molecule has 0 aromatic heterocycles. The summed E-state index contributed by atoms with van der Waals surface area (Å²) in [7, 11) is 0. The first-order valence-electron chi connectivity index (χ1n) is 7.02. The molecule has 0 spiro atoms. The van der Waals surface area contributed by atoms with Crippen molar-refractivity contribution in [1.29, 1.82) is 0 Å². The Morgan fingerprint density at radius 3 is 2.55 bits per heavy atom. The van der Waals surface area contributed by atoms with Crippen LogP contribution in [0.5, 0.6) is 11.5 Å². The number of hydrogen-bond donors (Lipinski definition) is 2. The molecule has 0 heterocycles. The van der Waals surface area contributed by atoms with E-state index in [-0.39, 0.29) is 5.75 Å². The highest BCUT2D eigenvalue weighted by Gasteiger charge is 2.19. The third kappa shape index (κ3) is 3.75. The highest BCUT2D eigenvalue weighted by Crippen LogP contribution is 2.20. The molecule has 0 radical (unpaired) electrons. The topological polar surface area (TPSA) is 41.5 Å². The highest BCUT2D eigenvalue weighted by molar-refractivity contribution is 5.29. The average molecular weight is 269 g/mol. The van der Waals surface area contributed by atoms with Gasteiger partial charge in [-0.05, 0) is 48.2 Å². The molecule has 0 unspecified atom stereocenters. The third-order valence-corrected chi connectivity index (χ3v) is 3.41. The van der Waals surface area contributed by atoms with Gasteiger partial charge in [-0.3, -0.25) is 0 Å². The minimum atomic E-state index is 0.271. The van der Waals surface area contributed by atoms with Gasteiger partial charge >= 0.3 is 0 Å². The molecule has 0 aliphatic heterocycles. The van der Waals surface area contributed by atoms with Gasteiger partial charge in [-0.15, -0.1) is 0 Å². The summed E-state index contributed by atoms with van der Waals surface area (Å²) in [5, 5.41) is 12.9. The van der Waals surface area contributed by atoms with Crippen LogP contribution in [0.3, 0.4) is 0 Å². The van der Waals surface area contributed by atoms with Gasteiger partial charge < -0.3 is 15.2 Å². The normalized spacial score (nSPS) is 14.2. The Kier molecular flexibility index (Phi) is 3.88. The zero-order chi connectivity index (χ0) is 13.8. The number of benzene rings is 2. The molecule has 3 nitrogen and oxygen atoms in total. The minimum Gasteiger partial charge on any atom is -0.508 e. The number of aromatic hydroxyl groups is 1. The molecule has 0 amide bonds. The predicted octanol–water partition coefficient (Wildman–Crippen LogP) is 3.22. The lowest BCUT2D eigenvalue weighted by molar-refractivity contribution is 0.305. The Labute approximate surface area is 119 Å². The van der Waals surface area contributed by atoms with Crippen molar-refractivity contribution in [3.05, 3.63) is 59.7 Å². The summed E-state index contributed by atoms with van der Waals surface area (Å²) in [4.78, 5) is 0. The van der Waals surface area contributed by atoms with E-state index in [9.17, 15) is 5.11 Å². The maximum atomic E-state index is 9.39. The molecule has 0 saturated heterocycles. The van der Waals surface area contributed by atoms with E-state index in [1.807, 2.05) is 24.3 Å². The largest absolute Gasteiger partial charge is 0.508 e. The van der Waals surface area contributed by atoms with Crippen LogP contribution in [0.1, 0.15) is 24.0 Å². The lowest BCUT2D eigenvalue weighted by Crippen LogP contribution is -2.15. The second-order valence-electron chi connectivity index (χ2n) is 5.26. The molecule has 3 rings (SSSR count). The van der Waals surface area contributed by atoms with E-state index < -0.39 is 0 Å². The Hall–Kier alpha value is -2.00. The standard InChI is InChI=1S/C17H19NO2/c19-16-3-1-2-14(10-16)12-20-17-8-4-13(5-9-17)11-18-15-6-7-15/h1-5,8-10,15,18-19H,6-7,11-12H2. The molecule has 3 heteroatoms. The minimum absolute atomic E-state index is 0.271.